The van der Waals surface area contributed by atoms with Crippen LogP contribution in [-0.2, 0) is 0 Å². The van der Waals surface area contributed by atoms with Gasteiger partial charge in [-0.15, -0.1) is 11.8 Å². The van der Waals surface area contributed by atoms with E-state index in [9.17, 15) is 0 Å². The lowest BCUT2D eigenvalue weighted by Gasteiger charge is -2.10. The topological polar surface area (TPSA) is 49.8 Å². The van der Waals surface area contributed by atoms with Crippen molar-refractivity contribution in [2.75, 3.05) is 23.4 Å². The molecule has 5 heteroatoms. The Kier molecular flexibility index (Phi) is 4.41. The van der Waals surface area contributed by atoms with Gasteiger partial charge >= 0.3 is 0 Å². The molecule has 2 aromatic rings. The molecule has 0 saturated carbocycles. The SMILES string of the molecule is CCNc1cc(Nc2ccccc2SC)ncn1. The number of nitrogens with zero attached hydrogens (tertiary/aromatic N) is 2. The number of aromatic nitrogens is 2. The van der Waals surface area contributed by atoms with Gasteiger partial charge in [-0.3, -0.25) is 0 Å². The van der Waals surface area contributed by atoms with Gasteiger partial charge in [-0.25, -0.2) is 9.97 Å². The average molecular weight is 260 g/mol. The Morgan fingerprint density at radius 1 is 1.17 bits per heavy atom. The van der Waals surface area contributed by atoms with Gasteiger partial charge in [-0.2, -0.15) is 0 Å². The van der Waals surface area contributed by atoms with Crippen molar-refractivity contribution in [2.45, 2.75) is 11.8 Å². The first-order valence-corrected chi connectivity index (χ1v) is 7.02. The van der Waals surface area contributed by atoms with Gasteiger partial charge in [0.1, 0.15) is 18.0 Å². The fourth-order valence-electron chi connectivity index (χ4n) is 1.59. The van der Waals surface area contributed by atoms with E-state index in [2.05, 4.69) is 32.9 Å². The number of nitrogens with one attached hydrogen (secondary N) is 2. The summed E-state index contributed by atoms with van der Waals surface area (Å²) < 4.78 is 0. The van der Waals surface area contributed by atoms with Crippen molar-refractivity contribution in [3.05, 3.63) is 36.7 Å². The predicted octanol–water partition coefficient (Wildman–Crippen LogP) is 3.37. The minimum Gasteiger partial charge on any atom is -0.370 e. The van der Waals surface area contributed by atoms with Gasteiger partial charge in [0.2, 0.25) is 0 Å². The monoisotopic (exact) mass is 260 g/mol. The zero-order valence-corrected chi connectivity index (χ0v) is 11.3. The minimum atomic E-state index is 0.794. The van der Waals surface area contributed by atoms with Crippen molar-refractivity contribution in [1.29, 1.82) is 0 Å². The minimum absolute atomic E-state index is 0.794. The van der Waals surface area contributed by atoms with Crippen molar-refractivity contribution in [3.8, 4) is 0 Å². The first-order chi connectivity index (χ1) is 8.83. The average Bonchev–Trinajstić information content (AvgIpc) is 2.40. The summed E-state index contributed by atoms with van der Waals surface area (Å²) in [7, 11) is 0. The second-order valence-corrected chi connectivity index (χ2v) is 4.49. The largest absolute Gasteiger partial charge is 0.370 e. The van der Waals surface area contributed by atoms with Crippen LogP contribution in [0.25, 0.3) is 0 Å². The molecule has 94 valence electrons. The van der Waals surface area contributed by atoms with Crippen LogP contribution in [0.15, 0.2) is 41.6 Å². The van der Waals surface area contributed by atoms with Gasteiger partial charge in [-0.1, -0.05) is 12.1 Å². The molecule has 4 nitrogen and oxygen atoms in total. The molecule has 0 unspecified atom stereocenters. The summed E-state index contributed by atoms with van der Waals surface area (Å²) in [6.07, 6.45) is 3.62. The van der Waals surface area contributed by atoms with E-state index in [0.717, 1.165) is 23.9 Å². The summed E-state index contributed by atoms with van der Waals surface area (Å²) in [5.74, 6) is 1.62. The lowest BCUT2D eigenvalue weighted by Crippen LogP contribution is -2.01. The number of para-hydroxylation sites is 1. The van der Waals surface area contributed by atoms with Crippen LogP contribution in [0.2, 0.25) is 0 Å². The Morgan fingerprint density at radius 2 is 1.94 bits per heavy atom. The van der Waals surface area contributed by atoms with Crippen LogP contribution in [0.3, 0.4) is 0 Å². The third-order valence-corrected chi connectivity index (χ3v) is 3.19. The Labute approximate surface area is 111 Å². The van der Waals surface area contributed by atoms with E-state index >= 15 is 0 Å². The molecule has 1 aromatic carbocycles. The molecule has 0 saturated heterocycles. The second-order valence-electron chi connectivity index (χ2n) is 3.64. The van der Waals surface area contributed by atoms with Crippen molar-refractivity contribution in [2.24, 2.45) is 0 Å². The second kappa shape index (κ2) is 6.26. The quantitative estimate of drug-likeness (QED) is 0.807. The molecule has 0 aliphatic heterocycles. The molecule has 0 radical (unpaired) electrons. The molecule has 0 atom stereocenters. The number of thioether (sulfide) groups is 1. The van der Waals surface area contributed by atoms with Gasteiger partial charge in [0, 0.05) is 17.5 Å². The van der Waals surface area contributed by atoms with E-state index < -0.39 is 0 Å². The Morgan fingerprint density at radius 3 is 2.72 bits per heavy atom. The summed E-state index contributed by atoms with van der Waals surface area (Å²) in [6.45, 7) is 2.89. The zero-order valence-electron chi connectivity index (χ0n) is 10.5. The molecule has 2 N–H and O–H groups in total. The molecule has 1 heterocycles. The first kappa shape index (κ1) is 12.7. The van der Waals surface area contributed by atoms with E-state index in [4.69, 9.17) is 0 Å². The zero-order chi connectivity index (χ0) is 12.8. The van der Waals surface area contributed by atoms with E-state index in [-0.39, 0.29) is 0 Å². The third kappa shape index (κ3) is 3.13. The summed E-state index contributed by atoms with van der Waals surface area (Å²) in [4.78, 5) is 9.56. The van der Waals surface area contributed by atoms with Gasteiger partial charge in [0.05, 0.1) is 5.69 Å². The number of hydrogen-bond donors (Lipinski definition) is 2. The van der Waals surface area contributed by atoms with Crippen LogP contribution in [0.4, 0.5) is 17.3 Å². The van der Waals surface area contributed by atoms with E-state index in [1.165, 1.54) is 4.90 Å². The molecule has 0 aliphatic carbocycles. The predicted molar refractivity (Wildman–Crippen MR) is 77.7 cm³/mol. The highest BCUT2D eigenvalue weighted by atomic mass is 32.2. The summed E-state index contributed by atoms with van der Waals surface area (Å²) in [6, 6.07) is 10.1. The van der Waals surface area contributed by atoms with Gasteiger partial charge in [0.15, 0.2) is 0 Å². The number of benzene rings is 1. The maximum absolute atomic E-state index is 4.22. The molecule has 0 amide bonds. The maximum atomic E-state index is 4.22. The highest BCUT2D eigenvalue weighted by Gasteiger charge is 2.02. The van der Waals surface area contributed by atoms with Crippen LogP contribution in [0, 0.1) is 0 Å². The smallest absolute Gasteiger partial charge is 0.135 e. The van der Waals surface area contributed by atoms with Crippen molar-refractivity contribution in [3.63, 3.8) is 0 Å². The molecule has 0 aliphatic rings. The summed E-state index contributed by atoms with van der Waals surface area (Å²) >= 11 is 1.71. The van der Waals surface area contributed by atoms with E-state index in [1.54, 1.807) is 18.1 Å². The Bertz CT molecular complexity index is 516. The van der Waals surface area contributed by atoms with Crippen molar-refractivity contribution >= 4 is 29.1 Å². The molecule has 0 fully saturated rings. The van der Waals surface area contributed by atoms with Crippen LogP contribution in [0.5, 0.6) is 0 Å². The third-order valence-electron chi connectivity index (χ3n) is 2.39. The van der Waals surface area contributed by atoms with Crippen molar-refractivity contribution < 1.29 is 0 Å². The van der Waals surface area contributed by atoms with Crippen LogP contribution >= 0.6 is 11.8 Å². The number of anilines is 3. The molecule has 0 bridgehead atoms. The Hall–Kier alpha value is -1.75. The molecular weight excluding hydrogens is 244 g/mol. The number of rotatable bonds is 5. The van der Waals surface area contributed by atoms with Gasteiger partial charge < -0.3 is 10.6 Å². The first-order valence-electron chi connectivity index (χ1n) is 5.79. The van der Waals surface area contributed by atoms with E-state index in [1.807, 2.05) is 31.2 Å². The standard InChI is InChI=1S/C13H16N4S/c1-3-14-12-8-13(16-9-15-12)17-10-6-4-5-7-11(10)18-2/h4-9H,3H2,1-2H3,(H2,14,15,16,17). The lowest BCUT2D eigenvalue weighted by atomic mass is 10.3. The van der Waals surface area contributed by atoms with Gasteiger partial charge in [0.25, 0.3) is 0 Å². The summed E-state index contributed by atoms with van der Waals surface area (Å²) in [5, 5.41) is 6.48. The van der Waals surface area contributed by atoms with Gasteiger partial charge in [-0.05, 0) is 25.3 Å². The lowest BCUT2D eigenvalue weighted by molar-refractivity contribution is 1.11. The highest BCUT2D eigenvalue weighted by Crippen LogP contribution is 2.27. The van der Waals surface area contributed by atoms with Crippen LogP contribution in [-0.4, -0.2) is 22.8 Å². The molecule has 1 aromatic heterocycles. The Balaban J connectivity index is 2.20. The molecular formula is C13H16N4S. The molecule has 2 rings (SSSR count). The normalized spacial score (nSPS) is 10.1. The summed E-state index contributed by atoms with van der Waals surface area (Å²) in [5.41, 5.74) is 1.06. The van der Waals surface area contributed by atoms with Crippen molar-refractivity contribution in [1.82, 2.24) is 9.97 Å². The molecule has 0 spiro atoms. The number of hydrogen-bond acceptors (Lipinski definition) is 5. The maximum Gasteiger partial charge on any atom is 0.135 e. The highest BCUT2D eigenvalue weighted by molar-refractivity contribution is 7.98. The van der Waals surface area contributed by atoms with Crippen LogP contribution < -0.4 is 10.6 Å². The molecule has 18 heavy (non-hydrogen) atoms. The van der Waals surface area contributed by atoms with Crippen LogP contribution in [0.1, 0.15) is 6.92 Å². The fourth-order valence-corrected chi connectivity index (χ4v) is 2.14. The fraction of sp³-hybridized carbons (Fsp3) is 0.231. The van der Waals surface area contributed by atoms with E-state index in [0.29, 0.717) is 0 Å².